The minimum absolute atomic E-state index is 0.00836. The molecule has 0 fully saturated rings. The highest BCUT2D eigenvalue weighted by Crippen LogP contribution is 2.20. The molecule has 1 amide bonds. The quantitative estimate of drug-likeness (QED) is 0.786. The zero-order valence-corrected chi connectivity index (χ0v) is 14.1. The largest absolute Gasteiger partial charge is 0.494 e. The molecule has 0 aliphatic heterocycles. The molecular formula is C20H25NO2. The Morgan fingerprint density at radius 1 is 1.00 bits per heavy atom. The number of hydrogen-bond donors (Lipinski definition) is 1. The first-order valence-corrected chi connectivity index (χ1v) is 8.03. The van der Waals surface area contributed by atoms with Crippen molar-refractivity contribution >= 4 is 11.6 Å². The van der Waals surface area contributed by atoms with E-state index in [1.165, 1.54) is 5.56 Å². The molecule has 1 N–H and O–H groups in total. The van der Waals surface area contributed by atoms with Crippen LogP contribution in [0.15, 0.2) is 54.6 Å². The van der Waals surface area contributed by atoms with Gasteiger partial charge in [-0.3, -0.25) is 4.79 Å². The molecule has 0 radical (unpaired) electrons. The van der Waals surface area contributed by atoms with Crippen molar-refractivity contribution in [1.82, 2.24) is 0 Å². The van der Waals surface area contributed by atoms with Gasteiger partial charge in [0.15, 0.2) is 0 Å². The van der Waals surface area contributed by atoms with Gasteiger partial charge in [-0.2, -0.15) is 0 Å². The van der Waals surface area contributed by atoms with Crippen LogP contribution in [0.5, 0.6) is 5.75 Å². The van der Waals surface area contributed by atoms with Crippen molar-refractivity contribution in [2.24, 2.45) is 5.41 Å². The Bertz CT molecular complexity index is 612. The van der Waals surface area contributed by atoms with Crippen molar-refractivity contribution in [3.05, 3.63) is 60.2 Å². The second kappa shape index (κ2) is 7.82. The third kappa shape index (κ3) is 5.78. The lowest BCUT2D eigenvalue weighted by Crippen LogP contribution is -2.27. The van der Waals surface area contributed by atoms with Crippen LogP contribution in [0.4, 0.5) is 5.69 Å². The summed E-state index contributed by atoms with van der Waals surface area (Å²) in [5.41, 5.74) is 1.73. The molecular weight excluding hydrogens is 286 g/mol. The zero-order valence-electron chi connectivity index (χ0n) is 14.1. The monoisotopic (exact) mass is 311 g/mol. The summed E-state index contributed by atoms with van der Waals surface area (Å²) in [6, 6.07) is 17.9. The number of amides is 1. The summed E-state index contributed by atoms with van der Waals surface area (Å²) in [4.78, 5) is 11.9. The van der Waals surface area contributed by atoms with E-state index in [0.717, 1.165) is 24.3 Å². The van der Waals surface area contributed by atoms with E-state index in [1.54, 1.807) is 0 Å². The molecule has 0 aliphatic rings. The van der Waals surface area contributed by atoms with Gasteiger partial charge in [-0.05, 0) is 42.7 Å². The number of ether oxygens (including phenoxy) is 1. The van der Waals surface area contributed by atoms with Crippen LogP contribution in [0, 0.1) is 5.41 Å². The van der Waals surface area contributed by atoms with E-state index >= 15 is 0 Å². The summed E-state index contributed by atoms with van der Waals surface area (Å²) in [6.45, 7) is 6.37. The molecule has 0 spiro atoms. The molecule has 0 saturated heterocycles. The van der Waals surface area contributed by atoms with Crippen molar-refractivity contribution < 1.29 is 9.53 Å². The third-order valence-electron chi connectivity index (χ3n) is 3.51. The van der Waals surface area contributed by atoms with Gasteiger partial charge in [0.2, 0.25) is 5.91 Å². The molecule has 0 aliphatic carbocycles. The maximum Gasteiger partial charge on any atom is 0.229 e. The summed E-state index contributed by atoms with van der Waals surface area (Å²) in [7, 11) is 0. The van der Waals surface area contributed by atoms with Crippen molar-refractivity contribution in [1.29, 1.82) is 0 Å². The molecule has 23 heavy (non-hydrogen) atoms. The SMILES string of the molecule is CC(C)(C)C(=O)Nc1ccc(OCCCc2ccccc2)cc1. The third-order valence-corrected chi connectivity index (χ3v) is 3.51. The van der Waals surface area contributed by atoms with Crippen LogP contribution in [0.3, 0.4) is 0 Å². The number of carbonyl (C=O) groups is 1. The summed E-state index contributed by atoms with van der Waals surface area (Å²) in [5, 5.41) is 2.90. The standard InChI is InChI=1S/C20H25NO2/c1-20(2,3)19(22)21-17-11-13-18(14-12-17)23-15-7-10-16-8-5-4-6-9-16/h4-6,8-9,11-14H,7,10,15H2,1-3H3,(H,21,22). The minimum atomic E-state index is -0.396. The summed E-state index contributed by atoms with van der Waals surface area (Å²) in [5.74, 6) is 0.834. The Morgan fingerprint density at radius 2 is 1.65 bits per heavy atom. The van der Waals surface area contributed by atoms with Crippen molar-refractivity contribution in [2.75, 3.05) is 11.9 Å². The predicted molar refractivity (Wildman–Crippen MR) is 94.8 cm³/mol. The molecule has 0 aromatic heterocycles. The summed E-state index contributed by atoms with van der Waals surface area (Å²) < 4.78 is 5.74. The Hall–Kier alpha value is -2.29. The van der Waals surface area contributed by atoms with Gasteiger partial charge >= 0.3 is 0 Å². The van der Waals surface area contributed by atoms with Crippen LogP contribution in [-0.4, -0.2) is 12.5 Å². The first-order chi connectivity index (χ1) is 10.9. The van der Waals surface area contributed by atoms with Crippen LogP contribution in [-0.2, 0) is 11.2 Å². The van der Waals surface area contributed by atoms with E-state index in [4.69, 9.17) is 4.74 Å². The van der Waals surface area contributed by atoms with Gasteiger partial charge < -0.3 is 10.1 Å². The lowest BCUT2D eigenvalue weighted by molar-refractivity contribution is -0.123. The fourth-order valence-corrected chi connectivity index (χ4v) is 2.06. The van der Waals surface area contributed by atoms with Crippen LogP contribution in [0.1, 0.15) is 32.8 Å². The second-order valence-corrected chi connectivity index (χ2v) is 6.67. The van der Waals surface area contributed by atoms with Gasteiger partial charge in [0.1, 0.15) is 5.75 Å². The Labute approximate surface area is 138 Å². The Morgan fingerprint density at radius 3 is 2.26 bits per heavy atom. The molecule has 122 valence electrons. The zero-order chi connectivity index (χ0) is 16.7. The lowest BCUT2D eigenvalue weighted by Gasteiger charge is -2.17. The van der Waals surface area contributed by atoms with Gasteiger partial charge in [0.05, 0.1) is 6.61 Å². The maximum absolute atomic E-state index is 11.9. The highest BCUT2D eigenvalue weighted by Gasteiger charge is 2.20. The number of nitrogens with one attached hydrogen (secondary N) is 1. The molecule has 0 heterocycles. The Balaban J connectivity index is 1.76. The second-order valence-electron chi connectivity index (χ2n) is 6.67. The first-order valence-electron chi connectivity index (χ1n) is 8.03. The lowest BCUT2D eigenvalue weighted by atomic mass is 9.95. The van der Waals surface area contributed by atoms with E-state index in [0.29, 0.717) is 6.61 Å². The molecule has 0 bridgehead atoms. The average molecular weight is 311 g/mol. The molecule has 0 saturated carbocycles. The molecule has 2 rings (SSSR count). The van der Waals surface area contributed by atoms with E-state index < -0.39 is 5.41 Å². The molecule has 0 atom stereocenters. The van der Waals surface area contributed by atoms with Crippen LogP contribution < -0.4 is 10.1 Å². The topological polar surface area (TPSA) is 38.3 Å². The average Bonchev–Trinajstić information content (AvgIpc) is 2.53. The Kier molecular flexibility index (Phi) is 5.80. The highest BCUT2D eigenvalue weighted by molar-refractivity contribution is 5.94. The molecule has 0 unspecified atom stereocenters. The molecule has 2 aromatic carbocycles. The summed E-state index contributed by atoms with van der Waals surface area (Å²) >= 11 is 0. The van der Waals surface area contributed by atoms with E-state index in [1.807, 2.05) is 51.1 Å². The van der Waals surface area contributed by atoms with E-state index in [9.17, 15) is 4.79 Å². The number of rotatable bonds is 6. The maximum atomic E-state index is 11.9. The van der Waals surface area contributed by atoms with Crippen LogP contribution in [0.2, 0.25) is 0 Å². The number of benzene rings is 2. The fraction of sp³-hybridized carbons (Fsp3) is 0.350. The smallest absolute Gasteiger partial charge is 0.229 e. The van der Waals surface area contributed by atoms with Gasteiger partial charge in [-0.25, -0.2) is 0 Å². The summed E-state index contributed by atoms with van der Waals surface area (Å²) in [6.07, 6.45) is 1.99. The predicted octanol–water partition coefficient (Wildman–Crippen LogP) is 4.68. The number of hydrogen-bond acceptors (Lipinski definition) is 2. The van der Waals surface area contributed by atoms with E-state index in [2.05, 4.69) is 29.6 Å². The fourth-order valence-electron chi connectivity index (χ4n) is 2.06. The number of carbonyl (C=O) groups excluding carboxylic acids is 1. The van der Waals surface area contributed by atoms with Crippen molar-refractivity contribution in [3.8, 4) is 5.75 Å². The normalized spacial score (nSPS) is 11.1. The number of aryl methyl sites for hydroxylation is 1. The van der Waals surface area contributed by atoms with Gasteiger partial charge in [-0.15, -0.1) is 0 Å². The van der Waals surface area contributed by atoms with E-state index in [-0.39, 0.29) is 5.91 Å². The van der Waals surface area contributed by atoms with Crippen molar-refractivity contribution in [2.45, 2.75) is 33.6 Å². The molecule has 2 aromatic rings. The van der Waals surface area contributed by atoms with Gasteiger partial charge in [-0.1, -0.05) is 51.1 Å². The van der Waals surface area contributed by atoms with Crippen LogP contribution in [0.25, 0.3) is 0 Å². The van der Waals surface area contributed by atoms with Crippen LogP contribution >= 0.6 is 0 Å². The van der Waals surface area contributed by atoms with Gasteiger partial charge in [0.25, 0.3) is 0 Å². The minimum Gasteiger partial charge on any atom is -0.494 e. The highest BCUT2D eigenvalue weighted by atomic mass is 16.5. The van der Waals surface area contributed by atoms with Crippen molar-refractivity contribution in [3.63, 3.8) is 0 Å². The van der Waals surface area contributed by atoms with Gasteiger partial charge in [0, 0.05) is 11.1 Å². The molecule has 3 nitrogen and oxygen atoms in total. The first kappa shape index (κ1) is 17.1. The molecule has 3 heteroatoms. The number of anilines is 1.